The van der Waals surface area contributed by atoms with E-state index in [0.717, 1.165) is 0 Å². The third kappa shape index (κ3) is 3.35. The van der Waals surface area contributed by atoms with Crippen molar-refractivity contribution in [1.82, 2.24) is 9.21 Å². The Morgan fingerprint density at radius 3 is 2.58 bits per heavy atom. The molecule has 0 amide bonds. The minimum Gasteiger partial charge on any atom is -0.454 e. The van der Waals surface area contributed by atoms with Crippen LogP contribution >= 0.6 is 11.3 Å². The molecule has 0 saturated carbocycles. The summed E-state index contributed by atoms with van der Waals surface area (Å²) in [6.07, 6.45) is 0. The van der Waals surface area contributed by atoms with Crippen LogP contribution in [0.3, 0.4) is 0 Å². The minimum absolute atomic E-state index is 0.0159. The summed E-state index contributed by atoms with van der Waals surface area (Å²) in [7, 11) is -3.42. The highest BCUT2D eigenvalue weighted by atomic mass is 32.2. The maximum Gasteiger partial charge on any atom is 0.252 e. The van der Waals surface area contributed by atoms with Crippen molar-refractivity contribution in [3.8, 4) is 11.5 Å². The van der Waals surface area contributed by atoms with Crippen molar-refractivity contribution in [2.45, 2.75) is 4.21 Å². The molecule has 0 aliphatic carbocycles. The van der Waals surface area contributed by atoms with Gasteiger partial charge in [0.25, 0.3) is 10.0 Å². The molecule has 0 N–H and O–H groups in total. The topological polar surface area (TPSA) is 76.2 Å². The van der Waals surface area contributed by atoms with Crippen LogP contribution in [0.5, 0.6) is 11.5 Å². The summed E-state index contributed by atoms with van der Waals surface area (Å²) in [5.74, 6) is 1.22. The Hall–Kier alpha value is -1.94. The molecule has 0 unspecified atom stereocenters. The van der Waals surface area contributed by atoms with Crippen molar-refractivity contribution in [3.63, 3.8) is 0 Å². The highest BCUT2D eigenvalue weighted by Crippen LogP contribution is 2.32. The number of piperazine rings is 1. The van der Waals surface area contributed by atoms with E-state index in [9.17, 15) is 13.2 Å². The highest BCUT2D eigenvalue weighted by Gasteiger charge is 2.30. The molecular formula is C17H18N2O5S2. The quantitative estimate of drug-likeness (QED) is 0.718. The van der Waals surface area contributed by atoms with Gasteiger partial charge >= 0.3 is 0 Å². The number of benzene rings is 1. The van der Waals surface area contributed by atoms with Gasteiger partial charge in [0.2, 0.25) is 6.79 Å². The van der Waals surface area contributed by atoms with Crippen LogP contribution in [0.25, 0.3) is 0 Å². The molecular weight excluding hydrogens is 376 g/mol. The average Bonchev–Trinajstić information content (AvgIpc) is 3.33. The standard InChI is InChI=1S/C17H18N2O5S2/c20-14(13-3-4-15-16(10-13)24-12-23-15)11-18-5-7-19(8-6-18)26(21,22)17-2-1-9-25-17/h1-4,9-10H,5-8,11-12H2. The maximum atomic E-state index is 12.5. The first-order chi connectivity index (χ1) is 12.5. The summed E-state index contributed by atoms with van der Waals surface area (Å²) < 4.78 is 37.5. The van der Waals surface area contributed by atoms with Gasteiger partial charge in [-0.25, -0.2) is 8.42 Å². The number of fused-ring (bicyclic) bond motifs is 1. The van der Waals surface area contributed by atoms with Crippen LogP contribution in [0.2, 0.25) is 0 Å². The van der Waals surface area contributed by atoms with Gasteiger partial charge in [-0.1, -0.05) is 6.07 Å². The summed E-state index contributed by atoms with van der Waals surface area (Å²) >= 11 is 1.22. The lowest BCUT2D eigenvalue weighted by atomic mass is 10.1. The predicted octanol–water partition coefficient (Wildman–Crippen LogP) is 1.67. The second-order valence-electron chi connectivity index (χ2n) is 6.10. The summed E-state index contributed by atoms with van der Waals surface area (Å²) in [5, 5.41) is 1.76. The van der Waals surface area contributed by atoms with Crippen LogP contribution in [-0.4, -0.2) is 62.9 Å². The highest BCUT2D eigenvalue weighted by molar-refractivity contribution is 7.91. The largest absolute Gasteiger partial charge is 0.454 e. The fourth-order valence-corrected chi connectivity index (χ4v) is 5.60. The summed E-state index contributed by atoms with van der Waals surface area (Å²) in [4.78, 5) is 14.5. The van der Waals surface area contributed by atoms with Gasteiger partial charge in [-0.05, 0) is 29.6 Å². The molecule has 0 atom stereocenters. The van der Waals surface area contributed by atoms with Gasteiger partial charge in [0.1, 0.15) is 4.21 Å². The zero-order chi connectivity index (χ0) is 18.1. The molecule has 1 fully saturated rings. The van der Waals surface area contributed by atoms with Gasteiger partial charge in [0.05, 0.1) is 6.54 Å². The molecule has 0 bridgehead atoms. The lowest BCUT2D eigenvalue weighted by Crippen LogP contribution is -2.49. The number of hydrogen-bond donors (Lipinski definition) is 0. The Labute approximate surface area is 155 Å². The van der Waals surface area contributed by atoms with Crippen LogP contribution in [0, 0.1) is 0 Å². The Bertz CT molecular complexity index is 903. The Kier molecular flexibility index (Phi) is 4.70. The first-order valence-corrected chi connectivity index (χ1v) is 10.5. The SMILES string of the molecule is O=C(CN1CCN(S(=O)(=O)c2cccs2)CC1)c1ccc2c(c1)OCO2. The Morgan fingerprint density at radius 1 is 1.08 bits per heavy atom. The number of thiophene rings is 1. The third-order valence-corrected chi connectivity index (χ3v) is 7.75. The molecule has 1 aromatic carbocycles. The van der Waals surface area contributed by atoms with Gasteiger partial charge in [-0.2, -0.15) is 4.31 Å². The monoisotopic (exact) mass is 394 g/mol. The van der Waals surface area contributed by atoms with E-state index in [1.54, 1.807) is 35.7 Å². The fourth-order valence-electron chi connectivity index (χ4n) is 3.03. The molecule has 0 spiro atoms. The van der Waals surface area contributed by atoms with E-state index in [0.29, 0.717) is 47.5 Å². The lowest BCUT2D eigenvalue weighted by molar-refractivity contribution is 0.0901. The minimum atomic E-state index is -3.42. The zero-order valence-electron chi connectivity index (χ0n) is 14.0. The lowest BCUT2D eigenvalue weighted by Gasteiger charge is -2.33. The van der Waals surface area contributed by atoms with E-state index in [4.69, 9.17) is 9.47 Å². The number of ketones is 1. The molecule has 1 saturated heterocycles. The molecule has 3 heterocycles. The molecule has 2 aromatic rings. The molecule has 0 radical (unpaired) electrons. The number of hydrogen-bond acceptors (Lipinski definition) is 7. The van der Waals surface area contributed by atoms with E-state index in [-0.39, 0.29) is 19.1 Å². The fraction of sp³-hybridized carbons (Fsp3) is 0.353. The molecule has 2 aliphatic heterocycles. The van der Waals surface area contributed by atoms with Gasteiger partial charge in [0, 0.05) is 31.7 Å². The van der Waals surface area contributed by atoms with Crippen LogP contribution in [0.4, 0.5) is 0 Å². The van der Waals surface area contributed by atoms with Crippen LogP contribution in [0.15, 0.2) is 39.9 Å². The van der Waals surface area contributed by atoms with Crippen molar-refractivity contribution in [2.75, 3.05) is 39.5 Å². The van der Waals surface area contributed by atoms with Crippen LogP contribution in [-0.2, 0) is 10.0 Å². The molecule has 138 valence electrons. The third-order valence-electron chi connectivity index (χ3n) is 4.48. The summed E-state index contributed by atoms with van der Waals surface area (Å²) in [6, 6.07) is 8.52. The van der Waals surface area contributed by atoms with Crippen molar-refractivity contribution in [1.29, 1.82) is 0 Å². The number of sulfonamides is 1. The second-order valence-corrected chi connectivity index (χ2v) is 9.22. The first-order valence-electron chi connectivity index (χ1n) is 8.23. The number of carbonyl (C=O) groups excluding carboxylic acids is 1. The summed E-state index contributed by atoms with van der Waals surface area (Å²) in [5.41, 5.74) is 0.572. The maximum absolute atomic E-state index is 12.5. The predicted molar refractivity (Wildman–Crippen MR) is 96.4 cm³/mol. The second kappa shape index (κ2) is 6.99. The van der Waals surface area contributed by atoms with Crippen LogP contribution in [0.1, 0.15) is 10.4 Å². The molecule has 9 heteroatoms. The van der Waals surface area contributed by atoms with E-state index >= 15 is 0 Å². The normalized spacial score (nSPS) is 18.2. The van der Waals surface area contributed by atoms with Crippen molar-refractivity contribution < 1.29 is 22.7 Å². The van der Waals surface area contributed by atoms with Crippen molar-refractivity contribution in [2.24, 2.45) is 0 Å². The van der Waals surface area contributed by atoms with Crippen molar-refractivity contribution >= 4 is 27.1 Å². The van der Waals surface area contributed by atoms with E-state index in [1.807, 2.05) is 4.90 Å². The average molecular weight is 394 g/mol. The van der Waals surface area contributed by atoms with Gasteiger partial charge in [0.15, 0.2) is 17.3 Å². The Balaban J connectivity index is 1.36. The van der Waals surface area contributed by atoms with Gasteiger partial charge in [-0.3, -0.25) is 9.69 Å². The summed E-state index contributed by atoms with van der Waals surface area (Å²) in [6.45, 7) is 2.26. The van der Waals surface area contributed by atoms with E-state index in [2.05, 4.69) is 0 Å². The zero-order valence-corrected chi connectivity index (χ0v) is 15.6. The number of nitrogens with zero attached hydrogens (tertiary/aromatic N) is 2. The molecule has 2 aliphatic rings. The molecule has 26 heavy (non-hydrogen) atoms. The number of Topliss-reactive ketones (excluding diaryl/α,β-unsaturated/α-hetero) is 1. The van der Waals surface area contributed by atoms with Gasteiger partial charge < -0.3 is 9.47 Å². The number of rotatable bonds is 5. The molecule has 4 rings (SSSR count). The van der Waals surface area contributed by atoms with Crippen molar-refractivity contribution in [3.05, 3.63) is 41.3 Å². The number of carbonyl (C=O) groups is 1. The molecule has 1 aromatic heterocycles. The van der Waals surface area contributed by atoms with E-state index < -0.39 is 10.0 Å². The van der Waals surface area contributed by atoms with E-state index in [1.165, 1.54) is 15.6 Å². The smallest absolute Gasteiger partial charge is 0.252 e. The Morgan fingerprint density at radius 2 is 1.85 bits per heavy atom. The molecule has 7 nitrogen and oxygen atoms in total. The van der Waals surface area contributed by atoms with Crippen LogP contribution < -0.4 is 9.47 Å². The van der Waals surface area contributed by atoms with Gasteiger partial charge in [-0.15, -0.1) is 11.3 Å². The number of ether oxygens (including phenoxy) is 2. The first kappa shape index (κ1) is 17.5.